The smallest absolute Gasteiger partial charge is 0.232 e. The molecule has 3 rings (SSSR count). The Kier molecular flexibility index (Phi) is 3.13. The van der Waals surface area contributed by atoms with Gasteiger partial charge in [-0.1, -0.05) is 50.2 Å². The van der Waals surface area contributed by atoms with Gasteiger partial charge < -0.3 is 10.3 Å². The van der Waals surface area contributed by atoms with E-state index >= 15 is 0 Å². The molecule has 0 spiro atoms. The molecule has 106 valence electrons. The Labute approximate surface area is 119 Å². The molecule has 0 amide bonds. The Bertz CT molecular complexity index is 608. The number of rotatable bonds is 3. The average molecular weight is 271 g/mol. The summed E-state index contributed by atoms with van der Waals surface area (Å²) in [5.74, 6) is 1.86. The molecule has 1 aliphatic rings. The van der Waals surface area contributed by atoms with Crippen molar-refractivity contribution in [2.45, 2.75) is 51.0 Å². The van der Waals surface area contributed by atoms with Gasteiger partial charge >= 0.3 is 0 Å². The largest absolute Gasteiger partial charge is 0.339 e. The lowest BCUT2D eigenvalue weighted by atomic mass is 9.96. The molecule has 2 N–H and O–H groups in total. The van der Waals surface area contributed by atoms with Crippen molar-refractivity contribution >= 4 is 0 Å². The summed E-state index contributed by atoms with van der Waals surface area (Å²) < 4.78 is 5.35. The normalized spacial score (nSPS) is 17.2. The molecule has 2 aromatic rings. The van der Waals surface area contributed by atoms with Crippen molar-refractivity contribution in [1.29, 1.82) is 0 Å². The molecule has 1 heterocycles. The van der Waals surface area contributed by atoms with Crippen LogP contribution >= 0.6 is 0 Å². The van der Waals surface area contributed by atoms with Crippen LogP contribution in [0.3, 0.4) is 0 Å². The van der Waals surface area contributed by atoms with Crippen LogP contribution in [0.5, 0.6) is 0 Å². The van der Waals surface area contributed by atoms with E-state index in [1.54, 1.807) is 0 Å². The quantitative estimate of drug-likeness (QED) is 0.930. The van der Waals surface area contributed by atoms with Crippen molar-refractivity contribution in [2.24, 2.45) is 5.73 Å². The molecule has 1 saturated carbocycles. The monoisotopic (exact) mass is 271 g/mol. The summed E-state index contributed by atoms with van der Waals surface area (Å²) >= 11 is 0. The molecule has 1 unspecified atom stereocenters. The van der Waals surface area contributed by atoms with Crippen LogP contribution in [-0.4, -0.2) is 10.1 Å². The van der Waals surface area contributed by atoms with Gasteiger partial charge in [0.15, 0.2) is 5.82 Å². The predicted octanol–water partition coefficient (Wildman–Crippen LogP) is 3.29. The van der Waals surface area contributed by atoms with Crippen LogP contribution in [0.1, 0.15) is 68.4 Å². The van der Waals surface area contributed by atoms with E-state index in [1.807, 2.05) is 26.8 Å². The van der Waals surface area contributed by atoms with Crippen molar-refractivity contribution in [1.82, 2.24) is 10.1 Å². The van der Waals surface area contributed by atoms with Gasteiger partial charge in [-0.3, -0.25) is 0 Å². The maximum absolute atomic E-state index is 6.35. The van der Waals surface area contributed by atoms with Crippen LogP contribution in [0.2, 0.25) is 0 Å². The van der Waals surface area contributed by atoms with Crippen LogP contribution < -0.4 is 5.73 Å². The standard InChI is InChI=1S/C16H21N3O/c1-16(2,3)15-18-14(19-20-15)13(17)12-7-5-4-6-11(12)10-8-9-10/h4-7,10,13H,8-9,17H2,1-3H3. The highest BCUT2D eigenvalue weighted by Gasteiger charge is 2.30. The van der Waals surface area contributed by atoms with Crippen molar-refractivity contribution in [3.05, 3.63) is 47.1 Å². The lowest BCUT2D eigenvalue weighted by molar-refractivity contribution is 0.317. The van der Waals surface area contributed by atoms with E-state index < -0.39 is 0 Å². The molecule has 1 aromatic heterocycles. The molecule has 4 heteroatoms. The minimum atomic E-state index is -0.313. The SMILES string of the molecule is CC(C)(C)c1nc(C(N)c2ccccc2C2CC2)no1. The van der Waals surface area contributed by atoms with Gasteiger partial charge in [-0.15, -0.1) is 0 Å². The summed E-state index contributed by atoms with van der Waals surface area (Å²) in [5.41, 5.74) is 8.66. The highest BCUT2D eigenvalue weighted by atomic mass is 16.5. The maximum atomic E-state index is 6.35. The summed E-state index contributed by atoms with van der Waals surface area (Å²) in [4.78, 5) is 4.48. The predicted molar refractivity (Wildman–Crippen MR) is 77.4 cm³/mol. The Balaban J connectivity index is 1.93. The first kappa shape index (κ1) is 13.3. The van der Waals surface area contributed by atoms with Crippen LogP contribution in [0, 0.1) is 0 Å². The van der Waals surface area contributed by atoms with Gasteiger partial charge in [-0.05, 0) is 29.9 Å². The van der Waals surface area contributed by atoms with E-state index in [2.05, 4.69) is 28.3 Å². The third-order valence-electron chi connectivity index (χ3n) is 3.71. The van der Waals surface area contributed by atoms with Crippen molar-refractivity contribution in [3.8, 4) is 0 Å². The molecule has 1 atom stereocenters. The van der Waals surface area contributed by atoms with Crippen LogP contribution in [0.4, 0.5) is 0 Å². The second-order valence-electron chi connectivity index (χ2n) is 6.59. The molecule has 20 heavy (non-hydrogen) atoms. The second kappa shape index (κ2) is 4.70. The molecule has 0 bridgehead atoms. The van der Waals surface area contributed by atoms with Crippen molar-refractivity contribution in [2.75, 3.05) is 0 Å². The van der Waals surface area contributed by atoms with E-state index in [-0.39, 0.29) is 11.5 Å². The minimum Gasteiger partial charge on any atom is -0.339 e. The zero-order valence-corrected chi connectivity index (χ0v) is 12.3. The first-order valence-corrected chi connectivity index (χ1v) is 7.15. The van der Waals surface area contributed by atoms with Crippen LogP contribution in [0.25, 0.3) is 0 Å². The fraction of sp³-hybridized carbons (Fsp3) is 0.500. The van der Waals surface area contributed by atoms with E-state index in [1.165, 1.54) is 18.4 Å². The number of nitrogens with two attached hydrogens (primary N) is 1. The molecule has 0 radical (unpaired) electrons. The Morgan fingerprint density at radius 2 is 1.95 bits per heavy atom. The van der Waals surface area contributed by atoms with Crippen molar-refractivity contribution in [3.63, 3.8) is 0 Å². The Morgan fingerprint density at radius 1 is 1.25 bits per heavy atom. The molecule has 1 fully saturated rings. The van der Waals surface area contributed by atoms with Gasteiger partial charge in [-0.25, -0.2) is 0 Å². The van der Waals surface area contributed by atoms with Crippen LogP contribution in [0.15, 0.2) is 28.8 Å². The van der Waals surface area contributed by atoms with E-state index in [0.717, 1.165) is 5.56 Å². The zero-order valence-electron chi connectivity index (χ0n) is 12.3. The fourth-order valence-electron chi connectivity index (χ4n) is 2.37. The summed E-state index contributed by atoms with van der Waals surface area (Å²) in [7, 11) is 0. The first-order valence-electron chi connectivity index (χ1n) is 7.15. The average Bonchev–Trinajstić information content (AvgIpc) is 3.12. The van der Waals surface area contributed by atoms with Gasteiger partial charge in [0.2, 0.25) is 5.89 Å². The number of hydrogen-bond acceptors (Lipinski definition) is 4. The van der Waals surface area contributed by atoms with Gasteiger partial charge in [0.05, 0.1) is 6.04 Å². The first-order chi connectivity index (χ1) is 9.47. The molecule has 0 saturated heterocycles. The topological polar surface area (TPSA) is 64.9 Å². The summed E-state index contributed by atoms with van der Waals surface area (Å²) in [5, 5.41) is 4.07. The van der Waals surface area contributed by atoms with E-state index in [0.29, 0.717) is 17.6 Å². The van der Waals surface area contributed by atoms with Gasteiger partial charge in [0.1, 0.15) is 0 Å². The molecular formula is C16H21N3O. The molecule has 1 aliphatic carbocycles. The van der Waals surface area contributed by atoms with Gasteiger partial charge in [0, 0.05) is 5.41 Å². The van der Waals surface area contributed by atoms with E-state index in [4.69, 9.17) is 10.3 Å². The minimum absolute atomic E-state index is 0.152. The molecule has 0 aliphatic heterocycles. The lowest BCUT2D eigenvalue weighted by Crippen LogP contribution is -2.17. The Morgan fingerprint density at radius 3 is 2.55 bits per heavy atom. The highest BCUT2D eigenvalue weighted by Crippen LogP contribution is 2.43. The van der Waals surface area contributed by atoms with Crippen LogP contribution in [-0.2, 0) is 5.41 Å². The lowest BCUT2D eigenvalue weighted by Gasteiger charge is -2.13. The molecule has 1 aromatic carbocycles. The number of benzene rings is 1. The third-order valence-corrected chi connectivity index (χ3v) is 3.71. The van der Waals surface area contributed by atoms with Crippen molar-refractivity contribution < 1.29 is 4.52 Å². The maximum Gasteiger partial charge on any atom is 0.232 e. The number of hydrogen-bond donors (Lipinski definition) is 1. The summed E-state index contributed by atoms with van der Waals surface area (Å²) in [6, 6.07) is 8.02. The molecule has 4 nitrogen and oxygen atoms in total. The van der Waals surface area contributed by atoms with E-state index in [9.17, 15) is 0 Å². The second-order valence-corrected chi connectivity index (χ2v) is 6.59. The third kappa shape index (κ3) is 2.48. The zero-order chi connectivity index (χ0) is 14.3. The Hall–Kier alpha value is -1.68. The fourth-order valence-corrected chi connectivity index (χ4v) is 2.37. The van der Waals surface area contributed by atoms with Gasteiger partial charge in [-0.2, -0.15) is 4.98 Å². The van der Waals surface area contributed by atoms with Gasteiger partial charge in [0.25, 0.3) is 0 Å². The number of aromatic nitrogens is 2. The molecular weight excluding hydrogens is 250 g/mol. The summed E-state index contributed by atoms with van der Waals surface area (Å²) in [6.45, 7) is 6.15. The summed E-state index contributed by atoms with van der Waals surface area (Å²) in [6.07, 6.45) is 2.51. The highest BCUT2D eigenvalue weighted by molar-refractivity contribution is 5.37. The number of nitrogens with zero attached hydrogens (tertiary/aromatic N) is 2.